The van der Waals surface area contributed by atoms with E-state index in [0.29, 0.717) is 0 Å². The molecule has 1 N–H and O–H groups in total. The normalized spacial score (nSPS) is 22.3. The molecule has 0 saturated carbocycles. The number of piperidine rings is 1. The Morgan fingerprint density at radius 1 is 1.50 bits per heavy atom. The molecule has 0 radical (unpaired) electrons. The number of aliphatic hydroxyl groups is 1. The zero-order chi connectivity index (χ0) is 11.5. The highest BCUT2D eigenvalue weighted by atomic mass is 35.5. The van der Waals surface area contributed by atoms with Gasteiger partial charge in [-0.25, -0.2) is 0 Å². The molecule has 1 aliphatic rings. The van der Waals surface area contributed by atoms with Crippen LogP contribution in [0.4, 0.5) is 0 Å². The van der Waals surface area contributed by atoms with Crippen LogP contribution in [0.1, 0.15) is 24.0 Å². The first-order chi connectivity index (χ1) is 7.66. The van der Waals surface area contributed by atoms with Crippen LogP contribution in [0.15, 0.2) is 18.2 Å². The van der Waals surface area contributed by atoms with E-state index in [2.05, 4.69) is 17.9 Å². The minimum atomic E-state index is -0.159. The summed E-state index contributed by atoms with van der Waals surface area (Å²) in [6.07, 6.45) is 1.86. The first kappa shape index (κ1) is 11.9. The number of β-amino-alcohol motifs (C(OH)–C–C–N with tert-alkyl or cyclic N) is 1. The molecular weight excluding hydrogens is 222 g/mol. The van der Waals surface area contributed by atoms with Crippen LogP contribution >= 0.6 is 11.6 Å². The molecule has 88 valence electrons. The van der Waals surface area contributed by atoms with Gasteiger partial charge in [-0.3, -0.25) is 4.90 Å². The molecule has 0 aromatic heterocycles. The van der Waals surface area contributed by atoms with Crippen LogP contribution < -0.4 is 0 Å². The van der Waals surface area contributed by atoms with E-state index in [1.807, 2.05) is 12.1 Å². The predicted octanol–water partition coefficient (Wildman–Crippen LogP) is 2.61. The van der Waals surface area contributed by atoms with Crippen molar-refractivity contribution in [1.29, 1.82) is 0 Å². The fourth-order valence-corrected chi connectivity index (χ4v) is 2.43. The lowest BCUT2D eigenvalue weighted by Crippen LogP contribution is -2.37. The van der Waals surface area contributed by atoms with Gasteiger partial charge in [0.1, 0.15) is 0 Å². The third-order valence-electron chi connectivity index (χ3n) is 3.25. The summed E-state index contributed by atoms with van der Waals surface area (Å²) in [4.78, 5) is 2.30. The van der Waals surface area contributed by atoms with E-state index in [-0.39, 0.29) is 6.10 Å². The molecule has 1 aromatic rings. The van der Waals surface area contributed by atoms with Gasteiger partial charge < -0.3 is 5.11 Å². The highest BCUT2D eigenvalue weighted by molar-refractivity contribution is 6.31. The van der Waals surface area contributed by atoms with Crippen LogP contribution in [0.5, 0.6) is 0 Å². The van der Waals surface area contributed by atoms with Gasteiger partial charge in [-0.2, -0.15) is 0 Å². The Morgan fingerprint density at radius 3 is 3.06 bits per heavy atom. The summed E-state index contributed by atoms with van der Waals surface area (Å²) in [5.74, 6) is 0. The minimum absolute atomic E-state index is 0.159. The molecule has 0 aliphatic carbocycles. The minimum Gasteiger partial charge on any atom is -0.392 e. The van der Waals surface area contributed by atoms with Crippen molar-refractivity contribution in [2.24, 2.45) is 0 Å². The van der Waals surface area contributed by atoms with E-state index in [1.165, 1.54) is 5.56 Å². The number of benzene rings is 1. The molecule has 2 nitrogen and oxygen atoms in total. The molecule has 1 heterocycles. The van der Waals surface area contributed by atoms with Crippen LogP contribution in [0, 0.1) is 6.92 Å². The molecule has 1 fully saturated rings. The Hall–Kier alpha value is -0.570. The van der Waals surface area contributed by atoms with Gasteiger partial charge in [0.2, 0.25) is 0 Å². The Kier molecular flexibility index (Phi) is 3.85. The van der Waals surface area contributed by atoms with Crippen LogP contribution in [-0.4, -0.2) is 29.2 Å². The van der Waals surface area contributed by atoms with Crippen molar-refractivity contribution in [2.75, 3.05) is 13.1 Å². The highest BCUT2D eigenvalue weighted by Crippen LogP contribution is 2.21. The number of nitrogens with zero attached hydrogens (tertiary/aromatic N) is 1. The second-order valence-corrected chi connectivity index (χ2v) is 4.96. The summed E-state index contributed by atoms with van der Waals surface area (Å²) < 4.78 is 0. The van der Waals surface area contributed by atoms with Gasteiger partial charge in [-0.05, 0) is 43.5 Å². The SMILES string of the molecule is Cc1c(Cl)cccc1CN1CCC[C@@H](O)C1. The fraction of sp³-hybridized carbons (Fsp3) is 0.538. The molecule has 1 saturated heterocycles. The summed E-state index contributed by atoms with van der Waals surface area (Å²) >= 11 is 6.09. The van der Waals surface area contributed by atoms with E-state index in [1.54, 1.807) is 0 Å². The van der Waals surface area contributed by atoms with Crippen molar-refractivity contribution in [3.63, 3.8) is 0 Å². The van der Waals surface area contributed by atoms with Crippen molar-refractivity contribution in [1.82, 2.24) is 4.90 Å². The van der Waals surface area contributed by atoms with Crippen molar-refractivity contribution < 1.29 is 5.11 Å². The summed E-state index contributed by atoms with van der Waals surface area (Å²) in [6, 6.07) is 6.03. The number of likely N-dealkylation sites (tertiary alicyclic amines) is 1. The van der Waals surface area contributed by atoms with Gasteiger partial charge in [0.15, 0.2) is 0 Å². The topological polar surface area (TPSA) is 23.5 Å². The molecule has 0 spiro atoms. The number of hydrogen-bond donors (Lipinski definition) is 1. The summed E-state index contributed by atoms with van der Waals surface area (Å²) in [6.45, 7) is 4.80. The van der Waals surface area contributed by atoms with Crippen LogP contribution in [0.25, 0.3) is 0 Å². The number of rotatable bonds is 2. The Bertz CT molecular complexity index is 367. The van der Waals surface area contributed by atoms with Crippen LogP contribution in [0.3, 0.4) is 0 Å². The van der Waals surface area contributed by atoms with Gasteiger partial charge in [-0.1, -0.05) is 23.7 Å². The predicted molar refractivity (Wildman–Crippen MR) is 66.7 cm³/mol. The summed E-state index contributed by atoms with van der Waals surface area (Å²) in [5.41, 5.74) is 2.42. The standard InChI is InChI=1S/C13H18ClNO/c1-10-11(4-2-6-13(10)14)8-15-7-3-5-12(16)9-15/h2,4,6,12,16H,3,5,7-9H2,1H3/t12-/m1/s1. The lowest BCUT2D eigenvalue weighted by molar-refractivity contribution is 0.0667. The molecule has 2 rings (SSSR count). The van der Waals surface area contributed by atoms with E-state index in [4.69, 9.17) is 11.6 Å². The Balaban J connectivity index is 2.05. The maximum atomic E-state index is 9.61. The Morgan fingerprint density at radius 2 is 2.31 bits per heavy atom. The molecule has 0 amide bonds. The molecule has 1 atom stereocenters. The summed E-state index contributed by atoms with van der Waals surface area (Å²) in [7, 11) is 0. The quantitative estimate of drug-likeness (QED) is 0.858. The van der Waals surface area contributed by atoms with Gasteiger partial charge in [0.25, 0.3) is 0 Å². The van der Waals surface area contributed by atoms with Crippen LogP contribution in [-0.2, 0) is 6.54 Å². The van der Waals surface area contributed by atoms with Crippen molar-refractivity contribution in [3.8, 4) is 0 Å². The van der Waals surface area contributed by atoms with Gasteiger partial charge in [-0.15, -0.1) is 0 Å². The lowest BCUT2D eigenvalue weighted by Gasteiger charge is -2.30. The summed E-state index contributed by atoms with van der Waals surface area (Å²) in [5, 5.41) is 10.4. The molecule has 0 unspecified atom stereocenters. The Labute approximate surface area is 102 Å². The monoisotopic (exact) mass is 239 g/mol. The fourth-order valence-electron chi connectivity index (χ4n) is 2.24. The van der Waals surface area contributed by atoms with Gasteiger partial charge >= 0.3 is 0 Å². The second kappa shape index (κ2) is 5.17. The number of aliphatic hydroxyl groups excluding tert-OH is 1. The maximum absolute atomic E-state index is 9.61. The second-order valence-electron chi connectivity index (χ2n) is 4.56. The van der Waals surface area contributed by atoms with Crippen molar-refractivity contribution in [3.05, 3.63) is 34.3 Å². The molecule has 3 heteroatoms. The van der Waals surface area contributed by atoms with E-state index in [9.17, 15) is 5.11 Å². The largest absolute Gasteiger partial charge is 0.392 e. The number of hydrogen-bond acceptors (Lipinski definition) is 2. The van der Waals surface area contributed by atoms with Crippen molar-refractivity contribution in [2.45, 2.75) is 32.4 Å². The molecule has 16 heavy (non-hydrogen) atoms. The molecule has 1 aromatic carbocycles. The third kappa shape index (κ3) is 2.76. The van der Waals surface area contributed by atoms with E-state index < -0.39 is 0 Å². The van der Waals surface area contributed by atoms with Crippen LogP contribution in [0.2, 0.25) is 5.02 Å². The molecular formula is C13H18ClNO. The first-order valence-electron chi connectivity index (χ1n) is 5.81. The first-order valence-corrected chi connectivity index (χ1v) is 6.19. The lowest BCUT2D eigenvalue weighted by atomic mass is 10.0. The smallest absolute Gasteiger partial charge is 0.0667 e. The highest BCUT2D eigenvalue weighted by Gasteiger charge is 2.18. The van der Waals surface area contributed by atoms with Gasteiger partial charge in [0.05, 0.1) is 6.10 Å². The average Bonchev–Trinajstić information content (AvgIpc) is 2.25. The van der Waals surface area contributed by atoms with Gasteiger partial charge in [0, 0.05) is 18.1 Å². The average molecular weight is 240 g/mol. The maximum Gasteiger partial charge on any atom is 0.0667 e. The number of halogens is 1. The van der Waals surface area contributed by atoms with E-state index >= 15 is 0 Å². The third-order valence-corrected chi connectivity index (χ3v) is 3.66. The molecule has 0 bridgehead atoms. The van der Waals surface area contributed by atoms with Crippen molar-refractivity contribution >= 4 is 11.6 Å². The molecule has 1 aliphatic heterocycles. The van der Waals surface area contributed by atoms with E-state index in [0.717, 1.165) is 43.1 Å². The zero-order valence-electron chi connectivity index (χ0n) is 9.62. The zero-order valence-corrected chi connectivity index (χ0v) is 10.4.